The highest BCUT2D eigenvalue weighted by Crippen LogP contribution is 2.31. The fourth-order valence-electron chi connectivity index (χ4n) is 3.19. The number of carbonyl (C=O) groups is 1. The van der Waals surface area contributed by atoms with Crippen molar-refractivity contribution in [2.75, 3.05) is 37.6 Å². The Bertz CT molecular complexity index is 600. The molecule has 2 atom stereocenters. The molecular weight excluding hydrogens is 323 g/mol. The summed E-state index contributed by atoms with van der Waals surface area (Å²) in [6.45, 7) is 2.32. The van der Waals surface area contributed by atoms with Crippen molar-refractivity contribution < 1.29 is 23.1 Å². The van der Waals surface area contributed by atoms with Crippen LogP contribution in [0, 0.1) is 0 Å². The van der Waals surface area contributed by atoms with Gasteiger partial charge in [0, 0.05) is 38.4 Å². The number of hydrogen-bond acceptors (Lipinski definition) is 4. The molecule has 0 radical (unpaired) electrons. The molecule has 0 spiro atoms. The van der Waals surface area contributed by atoms with Gasteiger partial charge in [-0.05, 0) is 24.6 Å². The Morgan fingerprint density at radius 2 is 1.92 bits per heavy atom. The first kappa shape index (κ1) is 17.0. The molecular formula is C16H20F3N3O2. The minimum absolute atomic E-state index is 0.0461. The third-order valence-electron chi connectivity index (χ3n) is 4.54. The van der Waals surface area contributed by atoms with Crippen LogP contribution in [0.1, 0.15) is 12.0 Å². The summed E-state index contributed by atoms with van der Waals surface area (Å²) in [6.07, 6.45) is -4.44. The second-order valence-corrected chi connectivity index (χ2v) is 6.21. The largest absolute Gasteiger partial charge is 0.416 e. The van der Waals surface area contributed by atoms with Gasteiger partial charge in [0.25, 0.3) is 0 Å². The van der Waals surface area contributed by atoms with E-state index in [0.29, 0.717) is 44.8 Å². The second-order valence-electron chi connectivity index (χ2n) is 6.21. The molecule has 2 aliphatic rings. The monoisotopic (exact) mass is 343 g/mol. The van der Waals surface area contributed by atoms with Gasteiger partial charge in [0.2, 0.25) is 5.91 Å². The Morgan fingerprint density at radius 3 is 2.50 bits per heavy atom. The fourth-order valence-corrected chi connectivity index (χ4v) is 3.19. The van der Waals surface area contributed by atoms with E-state index in [1.807, 2.05) is 4.90 Å². The number of aliphatic hydroxyl groups is 1. The van der Waals surface area contributed by atoms with Gasteiger partial charge in [-0.15, -0.1) is 0 Å². The Labute approximate surface area is 138 Å². The van der Waals surface area contributed by atoms with Gasteiger partial charge in [-0.2, -0.15) is 13.2 Å². The second kappa shape index (κ2) is 6.60. The highest BCUT2D eigenvalue weighted by atomic mass is 19.4. The van der Waals surface area contributed by atoms with Crippen LogP contribution in [0.2, 0.25) is 0 Å². The lowest BCUT2D eigenvalue weighted by atomic mass is 10.1. The zero-order chi connectivity index (χ0) is 17.3. The van der Waals surface area contributed by atoms with Crippen molar-refractivity contribution in [2.24, 2.45) is 0 Å². The van der Waals surface area contributed by atoms with E-state index < -0.39 is 17.8 Å². The molecule has 0 unspecified atom stereocenters. The van der Waals surface area contributed by atoms with Gasteiger partial charge >= 0.3 is 6.18 Å². The van der Waals surface area contributed by atoms with Crippen molar-refractivity contribution in [3.8, 4) is 0 Å². The molecule has 2 N–H and O–H groups in total. The van der Waals surface area contributed by atoms with Crippen LogP contribution in [0.15, 0.2) is 24.3 Å². The topological polar surface area (TPSA) is 55.8 Å². The molecule has 2 heterocycles. The average Bonchev–Trinajstić information content (AvgIpc) is 3.00. The number of nitrogens with zero attached hydrogens (tertiary/aromatic N) is 2. The zero-order valence-electron chi connectivity index (χ0n) is 13.1. The average molecular weight is 343 g/mol. The van der Waals surface area contributed by atoms with Gasteiger partial charge in [0.1, 0.15) is 0 Å². The van der Waals surface area contributed by atoms with E-state index in [4.69, 9.17) is 0 Å². The summed E-state index contributed by atoms with van der Waals surface area (Å²) in [5, 5.41) is 12.5. The summed E-state index contributed by atoms with van der Waals surface area (Å²) < 4.78 is 38.4. The molecule has 2 aliphatic heterocycles. The first-order valence-electron chi connectivity index (χ1n) is 7.97. The molecule has 5 nitrogen and oxygen atoms in total. The molecule has 1 aromatic carbocycles. The summed E-state index contributed by atoms with van der Waals surface area (Å²) in [5.74, 6) is -0.0461. The Morgan fingerprint density at radius 1 is 1.21 bits per heavy atom. The van der Waals surface area contributed by atoms with Crippen LogP contribution in [0.3, 0.4) is 0 Å². The number of hydrogen-bond donors (Lipinski definition) is 2. The number of amides is 1. The first-order chi connectivity index (χ1) is 11.3. The highest BCUT2D eigenvalue weighted by Gasteiger charge is 2.34. The number of anilines is 1. The molecule has 0 bridgehead atoms. The molecule has 24 heavy (non-hydrogen) atoms. The van der Waals surface area contributed by atoms with Crippen molar-refractivity contribution in [3.63, 3.8) is 0 Å². The quantitative estimate of drug-likeness (QED) is 0.844. The van der Waals surface area contributed by atoms with E-state index in [9.17, 15) is 23.1 Å². The third-order valence-corrected chi connectivity index (χ3v) is 4.54. The van der Waals surface area contributed by atoms with Crippen LogP contribution in [0.5, 0.6) is 0 Å². The molecule has 3 rings (SSSR count). The standard InChI is InChI=1S/C16H20F3N3O2/c17-16(18,19)11-2-1-3-12(8-11)21-4-6-22(7-5-21)15(24)14-9-13(23)10-20-14/h1-3,8,13-14,20,23H,4-7,9-10H2/t13-,14-/m0/s1. The van der Waals surface area contributed by atoms with E-state index in [1.165, 1.54) is 6.07 Å². The number of carbonyl (C=O) groups excluding carboxylic acids is 1. The van der Waals surface area contributed by atoms with E-state index >= 15 is 0 Å². The van der Waals surface area contributed by atoms with Crippen LogP contribution in [-0.2, 0) is 11.0 Å². The summed E-state index contributed by atoms with van der Waals surface area (Å²) >= 11 is 0. The number of β-amino-alcohol motifs (C(OH)–C–C–N with tert-alkyl or cyclic N) is 1. The summed E-state index contributed by atoms with van der Waals surface area (Å²) in [7, 11) is 0. The molecule has 2 fully saturated rings. The molecule has 132 valence electrons. The van der Waals surface area contributed by atoms with Crippen LogP contribution < -0.4 is 10.2 Å². The normalized spacial score (nSPS) is 25.2. The van der Waals surface area contributed by atoms with Gasteiger partial charge < -0.3 is 20.2 Å². The number of halogens is 3. The van der Waals surface area contributed by atoms with Gasteiger partial charge in [0.15, 0.2) is 0 Å². The predicted molar refractivity (Wildman–Crippen MR) is 82.7 cm³/mol. The van der Waals surface area contributed by atoms with Crippen LogP contribution >= 0.6 is 0 Å². The lowest BCUT2D eigenvalue weighted by Gasteiger charge is -2.37. The lowest BCUT2D eigenvalue weighted by Crippen LogP contribution is -2.53. The predicted octanol–water partition coefficient (Wildman–Crippen LogP) is 1.08. The van der Waals surface area contributed by atoms with Gasteiger partial charge in [0.05, 0.1) is 17.7 Å². The SMILES string of the molecule is O=C([C@@H]1C[C@H](O)CN1)N1CCN(c2cccc(C(F)(F)F)c2)CC1. The Balaban J connectivity index is 1.60. The molecule has 0 aromatic heterocycles. The van der Waals surface area contributed by atoms with Crippen LogP contribution in [0.25, 0.3) is 0 Å². The van der Waals surface area contributed by atoms with Gasteiger partial charge in [-0.3, -0.25) is 4.79 Å². The van der Waals surface area contributed by atoms with E-state index in [2.05, 4.69) is 5.32 Å². The van der Waals surface area contributed by atoms with E-state index in [-0.39, 0.29) is 11.9 Å². The fraction of sp³-hybridized carbons (Fsp3) is 0.562. The van der Waals surface area contributed by atoms with Gasteiger partial charge in [-0.1, -0.05) is 6.07 Å². The molecule has 2 saturated heterocycles. The Hall–Kier alpha value is -1.80. The summed E-state index contributed by atoms with van der Waals surface area (Å²) in [4.78, 5) is 15.9. The number of rotatable bonds is 2. The summed E-state index contributed by atoms with van der Waals surface area (Å²) in [5.41, 5.74) is -0.144. The molecule has 0 aliphatic carbocycles. The number of piperazine rings is 1. The maximum atomic E-state index is 12.8. The minimum atomic E-state index is -4.36. The van der Waals surface area contributed by atoms with Crippen LogP contribution in [0.4, 0.5) is 18.9 Å². The Kier molecular flexibility index (Phi) is 4.69. The van der Waals surface area contributed by atoms with Gasteiger partial charge in [-0.25, -0.2) is 0 Å². The van der Waals surface area contributed by atoms with Crippen molar-refractivity contribution in [1.82, 2.24) is 10.2 Å². The van der Waals surface area contributed by atoms with Crippen molar-refractivity contribution >= 4 is 11.6 Å². The highest BCUT2D eigenvalue weighted by molar-refractivity contribution is 5.82. The lowest BCUT2D eigenvalue weighted by molar-refractivity contribution is -0.137. The maximum absolute atomic E-state index is 12.8. The number of aliphatic hydroxyl groups excluding tert-OH is 1. The molecule has 1 amide bonds. The third kappa shape index (κ3) is 3.64. The molecule has 0 saturated carbocycles. The maximum Gasteiger partial charge on any atom is 0.416 e. The molecule has 8 heteroatoms. The molecule has 1 aromatic rings. The van der Waals surface area contributed by atoms with Crippen molar-refractivity contribution in [1.29, 1.82) is 0 Å². The summed E-state index contributed by atoms with van der Waals surface area (Å²) in [6, 6.07) is 4.90. The smallest absolute Gasteiger partial charge is 0.392 e. The number of nitrogens with one attached hydrogen (secondary N) is 1. The van der Waals surface area contributed by atoms with Crippen molar-refractivity contribution in [2.45, 2.75) is 24.7 Å². The van der Waals surface area contributed by atoms with Crippen LogP contribution in [-0.4, -0.2) is 60.8 Å². The van der Waals surface area contributed by atoms with Crippen molar-refractivity contribution in [3.05, 3.63) is 29.8 Å². The van der Waals surface area contributed by atoms with E-state index in [1.54, 1.807) is 11.0 Å². The van der Waals surface area contributed by atoms with E-state index in [0.717, 1.165) is 12.1 Å². The minimum Gasteiger partial charge on any atom is -0.392 e. The number of benzene rings is 1. The first-order valence-corrected chi connectivity index (χ1v) is 7.97. The zero-order valence-corrected chi connectivity index (χ0v) is 13.1. The number of alkyl halides is 3.